The summed E-state index contributed by atoms with van der Waals surface area (Å²) in [4.78, 5) is 40.5. The van der Waals surface area contributed by atoms with Crippen LogP contribution in [0.3, 0.4) is 0 Å². The number of rotatable bonds is 9. The highest BCUT2D eigenvalue weighted by Crippen LogP contribution is 2.30. The molecule has 1 amide bonds. The lowest BCUT2D eigenvalue weighted by Gasteiger charge is -2.45. The van der Waals surface area contributed by atoms with Gasteiger partial charge in [-0.3, -0.25) is 18.8 Å². The summed E-state index contributed by atoms with van der Waals surface area (Å²) < 4.78 is 14.4. The predicted octanol–water partition coefficient (Wildman–Crippen LogP) is 4.07. The van der Waals surface area contributed by atoms with Gasteiger partial charge in [0.1, 0.15) is 35.0 Å². The Bertz CT molecular complexity index is 1850. The number of amides is 1. The second kappa shape index (κ2) is 12.8. The summed E-state index contributed by atoms with van der Waals surface area (Å²) >= 11 is 0. The number of piperidine rings is 1. The number of anilines is 1. The molecule has 4 heterocycles. The molecule has 2 aromatic heterocycles. The molecular weight excluding hydrogens is 584 g/mol. The van der Waals surface area contributed by atoms with E-state index in [9.17, 15) is 14.9 Å². The molecule has 238 valence electrons. The molecule has 2 N–H and O–H groups in total. The third kappa shape index (κ3) is 5.87. The molecule has 2 fully saturated rings. The molecule has 0 spiro atoms. The lowest BCUT2D eigenvalue weighted by atomic mass is 9.95. The van der Waals surface area contributed by atoms with Crippen molar-refractivity contribution in [2.24, 2.45) is 0 Å². The van der Waals surface area contributed by atoms with Crippen molar-refractivity contribution in [3.63, 3.8) is 0 Å². The number of aromatic nitrogens is 4. The van der Waals surface area contributed by atoms with Gasteiger partial charge in [0.25, 0.3) is 5.91 Å². The summed E-state index contributed by atoms with van der Waals surface area (Å²) in [5, 5.41) is 10.1. The van der Waals surface area contributed by atoms with Crippen LogP contribution in [0, 0.1) is 11.3 Å². The Labute approximate surface area is 267 Å². The van der Waals surface area contributed by atoms with Gasteiger partial charge in [0.2, 0.25) is 0 Å². The van der Waals surface area contributed by atoms with Crippen LogP contribution in [0.25, 0.3) is 16.9 Å². The predicted molar refractivity (Wildman–Crippen MR) is 174 cm³/mol. The number of likely N-dealkylation sites (N-methyl/N-ethyl adjacent to an activating group) is 1. The summed E-state index contributed by atoms with van der Waals surface area (Å²) in [6.45, 7) is 8.85. The van der Waals surface area contributed by atoms with Crippen molar-refractivity contribution in [2.45, 2.75) is 51.2 Å². The van der Waals surface area contributed by atoms with Crippen LogP contribution in [-0.2, 0) is 9.53 Å². The van der Waals surface area contributed by atoms with E-state index in [1.165, 1.54) is 10.9 Å². The Hall–Kier alpha value is -4.99. The Morgan fingerprint density at radius 2 is 1.87 bits per heavy atom. The van der Waals surface area contributed by atoms with Gasteiger partial charge in [-0.1, -0.05) is 25.1 Å². The van der Waals surface area contributed by atoms with E-state index in [2.05, 4.69) is 27.9 Å². The standard InChI is InChI=1S/C34H38N8O4/c1-4-40(26-20-45-21-26)34(2,3)17-23(18-35)32(43)39-16-8-9-25(19-39)42-31-29(30(36)37-22-38-31)41(33(42)44)24-12-14-28(15-13-24)46-27-10-6-5-7-11-27/h5-7,10-15,17,22,25-26H,4,8-9,16,19-21H2,1-3H3,(H2,36,37,38)/b23-17-/t25-/m0/s1. The molecule has 0 saturated carbocycles. The number of benzene rings is 2. The zero-order valence-electron chi connectivity index (χ0n) is 26.3. The minimum atomic E-state index is -0.528. The first-order valence-corrected chi connectivity index (χ1v) is 15.5. The van der Waals surface area contributed by atoms with Crippen LogP contribution < -0.4 is 16.2 Å². The van der Waals surface area contributed by atoms with E-state index < -0.39 is 5.54 Å². The highest BCUT2D eigenvalue weighted by atomic mass is 16.5. The third-order valence-corrected chi connectivity index (χ3v) is 8.79. The van der Waals surface area contributed by atoms with E-state index in [-0.39, 0.29) is 41.6 Å². The van der Waals surface area contributed by atoms with Crippen molar-refractivity contribution in [1.82, 2.24) is 28.9 Å². The molecule has 2 aromatic carbocycles. The number of imidazole rings is 1. The van der Waals surface area contributed by atoms with Crippen molar-refractivity contribution in [3.8, 4) is 23.3 Å². The van der Waals surface area contributed by atoms with Crippen LogP contribution in [0.5, 0.6) is 11.5 Å². The smallest absolute Gasteiger partial charge is 0.335 e. The number of hydrogen-bond donors (Lipinski definition) is 1. The van der Waals surface area contributed by atoms with E-state index in [1.54, 1.807) is 39.8 Å². The quantitative estimate of drug-likeness (QED) is 0.216. The summed E-state index contributed by atoms with van der Waals surface area (Å²) in [6, 6.07) is 18.6. The SMILES string of the molecule is CCN(C1COC1)C(C)(C)/C=C(/C#N)C(=O)N1CCC[C@H](n2c(=O)n(-c3ccc(Oc4ccccc4)cc3)c3c(N)ncnc32)C1. The molecule has 1 atom stereocenters. The summed E-state index contributed by atoms with van der Waals surface area (Å²) in [6.07, 6.45) is 4.41. The van der Waals surface area contributed by atoms with E-state index in [0.29, 0.717) is 61.0 Å². The van der Waals surface area contributed by atoms with E-state index in [1.807, 2.05) is 44.2 Å². The number of carbonyl (C=O) groups is 1. The molecular formula is C34H38N8O4. The number of fused-ring (bicyclic) bond motifs is 1. The molecule has 46 heavy (non-hydrogen) atoms. The molecule has 0 radical (unpaired) electrons. The largest absolute Gasteiger partial charge is 0.457 e. The second-order valence-corrected chi connectivity index (χ2v) is 12.2. The van der Waals surface area contributed by atoms with Crippen molar-refractivity contribution in [3.05, 3.63) is 83.1 Å². The van der Waals surface area contributed by atoms with Crippen LogP contribution in [0.2, 0.25) is 0 Å². The van der Waals surface area contributed by atoms with Crippen LogP contribution >= 0.6 is 0 Å². The highest BCUT2D eigenvalue weighted by molar-refractivity contribution is 5.97. The Morgan fingerprint density at radius 3 is 2.52 bits per heavy atom. The number of nitrogens with two attached hydrogens (primary N) is 1. The van der Waals surface area contributed by atoms with Gasteiger partial charge in [0.15, 0.2) is 11.5 Å². The first-order chi connectivity index (χ1) is 22.2. The van der Waals surface area contributed by atoms with Gasteiger partial charge in [-0.15, -0.1) is 0 Å². The highest BCUT2D eigenvalue weighted by Gasteiger charge is 2.36. The topological polar surface area (TPSA) is 145 Å². The summed E-state index contributed by atoms with van der Waals surface area (Å²) in [7, 11) is 0. The maximum atomic E-state index is 14.2. The number of nitriles is 1. The lowest BCUT2D eigenvalue weighted by Crippen LogP contribution is -2.57. The third-order valence-electron chi connectivity index (χ3n) is 8.79. The van der Waals surface area contributed by atoms with Gasteiger partial charge < -0.3 is 20.1 Å². The molecule has 0 unspecified atom stereocenters. The van der Waals surface area contributed by atoms with Gasteiger partial charge in [-0.25, -0.2) is 14.8 Å². The van der Waals surface area contributed by atoms with Crippen molar-refractivity contribution in [2.75, 3.05) is 38.6 Å². The maximum absolute atomic E-state index is 14.2. The number of ether oxygens (including phenoxy) is 2. The maximum Gasteiger partial charge on any atom is 0.335 e. The van der Waals surface area contributed by atoms with Gasteiger partial charge in [0.05, 0.1) is 31.0 Å². The van der Waals surface area contributed by atoms with Crippen molar-refractivity contribution < 1.29 is 14.3 Å². The van der Waals surface area contributed by atoms with E-state index >= 15 is 0 Å². The first-order valence-electron chi connectivity index (χ1n) is 15.5. The number of hydrogen-bond acceptors (Lipinski definition) is 9. The van der Waals surface area contributed by atoms with E-state index in [0.717, 1.165) is 6.54 Å². The number of para-hydroxylation sites is 1. The normalized spacial score (nSPS) is 17.6. The summed E-state index contributed by atoms with van der Waals surface area (Å²) in [5.41, 5.74) is 6.92. The molecule has 12 heteroatoms. The zero-order chi connectivity index (χ0) is 32.4. The van der Waals surface area contributed by atoms with Crippen molar-refractivity contribution >= 4 is 22.9 Å². The average molecular weight is 623 g/mol. The van der Waals surface area contributed by atoms with Gasteiger partial charge in [-0.05, 0) is 75.7 Å². The molecule has 4 aromatic rings. The minimum absolute atomic E-state index is 0.0866. The molecule has 0 bridgehead atoms. The molecule has 6 rings (SSSR count). The minimum Gasteiger partial charge on any atom is -0.457 e. The lowest BCUT2D eigenvalue weighted by molar-refractivity contribution is -0.128. The number of likely N-dealkylation sites (tertiary alicyclic amines) is 1. The average Bonchev–Trinajstić information content (AvgIpc) is 3.34. The van der Waals surface area contributed by atoms with Crippen LogP contribution in [0.1, 0.15) is 39.7 Å². The van der Waals surface area contributed by atoms with Gasteiger partial charge >= 0.3 is 5.69 Å². The second-order valence-electron chi connectivity index (χ2n) is 12.2. The van der Waals surface area contributed by atoms with Gasteiger partial charge in [-0.2, -0.15) is 5.26 Å². The van der Waals surface area contributed by atoms with Gasteiger partial charge in [0, 0.05) is 18.6 Å². The number of nitrogen functional groups attached to an aromatic ring is 1. The number of carbonyl (C=O) groups excluding carboxylic acids is 1. The Kier molecular flexibility index (Phi) is 8.62. The molecule has 0 aliphatic carbocycles. The molecule has 12 nitrogen and oxygen atoms in total. The van der Waals surface area contributed by atoms with Crippen LogP contribution in [0.4, 0.5) is 5.82 Å². The fraction of sp³-hybridized carbons (Fsp3) is 0.382. The zero-order valence-corrected chi connectivity index (χ0v) is 26.3. The molecule has 2 saturated heterocycles. The fourth-order valence-corrected chi connectivity index (χ4v) is 6.56. The van der Waals surface area contributed by atoms with E-state index in [4.69, 9.17) is 15.2 Å². The fourth-order valence-electron chi connectivity index (χ4n) is 6.56. The Balaban J connectivity index is 1.29. The first kappa shape index (κ1) is 31.0. The summed E-state index contributed by atoms with van der Waals surface area (Å²) in [5.74, 6) is 1.14. The molecule has 2 aliphatic heterocycles. The Morgan fingerprint density at radius 1 is 1.15 bits per heavy atom. The molecule has 2 aliphatic rings. The van der Waals surface area contributed by atoms with Crippen molar-refractivity contribution in [1.29, 1.82) is 5.26 Å². The van der Waals surface area contributed by atoms with Crippen LogP contribution in [0.15, 0.2) is 77.4 Å². The number of nitrogens with zero attached hydrogens (tertiary/aromatic N) is 7. The van der Waals surface area contributed by atoms with Crippen LogP contribution in [-0.4, -0.2) is 79.2 Å². The monoisotopic (exact) mass is 622 g/mol.